The second-order valence-corrected chi connectivity index (χ2v) is 7.85. The second-order valence-electron chi connectivity index (χ2n) is 6.33. The zero-order chi connectivity index (χ0) is 19.5. The lowest BCUT2D eigenvalue weighted by atomic mass is 10.1. The first-order valence-electron chi connectivity index (χ1n) is 8.86. The monoisotopic (exact) mass is 408 g/mol. The van der Waals surface area contributed by atoms with Gasteiger partial charge in [-0.15, -0.1) is 0 Å². The molecule has 6 heteroatoms. The zero-order valence-corrected chi connectivity index (χ0v) is 16.5. The Kier molecular flexibility index (Phi) is 5.37. The van der Waals surface area contributed by atoms with Gasteiger partial charge >= 0.3 is 0 Å². The number of hydrogen-bond donors (Lipinski definition) is 1. The van der Waals surface area contributed by atoms with Crippen LogP contribution in [0.2, 0.25) is 5.02 Å². The van der Waals surface area contributed by atoms with Crippen molar-refractivity contribution in [2.24, 2.45) is 0 Å². The molecule has 0 saturated heterocycles. The van der Waals surface area contributed by atoms with Crippen molar-refractivity contribution in [3.05, 3.63) is 77.8 Å². The van der Waals surface area contributed by atoms with E-state index in [4.69, 9.17) is 11.6 Å². The van der Waals surface area contributed by atoms with Crippen molar-refractivity contribution in [1.29, 1.82) is 0 Å². The van der Waals surface area contributed by atoms with Gasteiger partial charge in [0.25, 0.3) is 0 Å². The highest BCUT2D eigenvalue weighted by molar-refractivity contribution is 7.99. The van der Waals surface area contributed by atoms with E-state index in [1.54, 1.807) is 22.7 Å². The smallest absolute Gasteiger partial charge is 0.232 e. The van der Waals surface area contributed by atoms with E-state index in [1.807, 2.05) is 66.7 Å². The summed E-state index contributed by atoms with van der Waals surface area (Å²) in [5, 5.41) is 3.38. The summed E-state index contributed by atoms with van der Waals surface area (Å²) in [4.78, 5) is 29.0. The maximum atomic E-state index is 13.1. The van der Waals surface area contributed by atoms with Gasteiger partial charge in [-0.1, -0.05) is 53.7 Å². The molecule has 4 rings (SSSR count). The van der Waals surface area contributed by atoms with Crippen LogP contribution < -0.4 is 10.2 Å². The predicted molar refractivity (Wildman–Crippen MR) is 113 cm³/mol. The number of carbonyl (C=O) groups excluding carboxylic acids is 2. The largest absolute Gasteiger partial charge is 0.326 e. The Hall–Kier alpha value is -2.76. The van der Waals surface area contributed by atoms with E-state index in [-0.39, 0.29) is 24.7 Å². The van der Waals surface area contributed by atoms with E-state index < -0.39 is 0 Å². The maximum Gasteiger partial charge on any atom is 0.232 e. The van der Waals surface area contributed by atoms with Gasteiger partial charge in [0.1, 0.15) is 0 Å². The molecule has 0 fully saturated rings. The highest BCUT2D eigenvalue weighted by Gasteiger charge is 2.28. The molecule has 0 spiro atoms. The summed E-state index contributed by atoms with van der Waals surface area (Å²) >= 11 is 7.79. The number of hydrogen-bond acceptors (Lipinski definition) is 3. The summed E-state index contributed by atoms with van der Waals surface area (Å²) in [6.45, 7) is 0. The molecule has 0 radical (unpaired) electrons. The van der Waals surface area contributed by atoms with Crippen LogP contribution in [-0.4, -0.2) is 11.8 Å². The molecule has 1 N–H and O–H groups in total. The van der Waals surface area contributed by atoms with Crippen LogP contribution in [0.4, 0.5) is 17.1 Å². The fourth-order valence-electron chi connectivity index (χ4n) is 3.07. The predicted octanol–water partition coefficient (Wildman–Crippen LogP) is 5.89. The van der Waals surface area contributed by atoms with E-state index >= 15 is 0 Å². The minimum Gasteiger partial charge on any atom is -0.326 e. The molecule has 0 bridgehead atoms. The number of carbonyl (C=O) groups is 2. The first kappa shape index (κ1) is 18.6. The number of benzene rings is 3. The van der Waals surface area contributed by atoms with Crippen LogP contribution in [0.15, 0.2) is 82.6 Å². The van der Waals surface area contributed by atoms with E-state index in [2.05, 4.69) is 5.32 Å². The number of nitrogens with zero attached hydrogens (tertiary/aromatic N) is 1. The van der Waals surface area contributed by atoms with Gasteiger partial charge in [-0.25, -0.2) is 0 Å². The summed E-state index contributed by atoms with van der Waals surface area (Å²) in [7, 11) is 0. The molecule has 4 nitrogen and oxygen atoms in total. The van der Waals surface area contributed by atoms with Crippen molar-refractivity contribution in [3.8, 4) is 0 Å². The van der Waals surface area contributed by atoms with Gasteiger partial charge in [0.05, 0.1) is 11.4 Å². The summed E-state index contributed by atoms with van der Waals surface area (Å²) in [5.41, 5.74) is 2.29. The number of fused-ring (bicyclic) bond motifs is 2. The average molecular weight is 409 g/mol. The van der Waals surface area contributed by atoms with Gasteiger partial charge in [0.2, 0.25) is 11.8 Å². The van der Waals surface area contributed by atoms with Crippen molar-refractivity contribution in [3.63, 3.8) is 0 Å². The minimum atomic E-state index is -0.189. The SMILES string of the molecule is O=C(CCC(=O)N1c2ccccc2Sc2ccc(Cl)cc21)Nc1ccccc1. The molecule has 1 aliphatic heterocycles. The number of rotatable bonds is 4. The number of para-hydroxylation sites is 2. The van der Waals surface area contributed by atoms with E-state index in [1.165, 1.54) is 0 Å². The fraction of sp³-hybridized carbons (Fsp3) is 0.0909. The van der Waals surface area contributed by atoms with Crippen molar-refractivity contribution in [1.82, 2.24) is 0 Å². The Labute approximate surface area is 172 Å². The molecule has 0 saturated carbocycles. The van der Waals surface area contributed by atoms with Gasteiger partial charge in [0, 0.05) is 33.3 Å². The van der Waals surface area contributed by atoms with Crippen molar-refractivity contribution in [2.75, 3.05) is 10.2 Å². The maximum absolute atomic E-state index is 13.1. The molecule has 0 aromatic heterocycles. The van der Waals surface area contributed by atoms with Gasteiger partial charge in [-0.2, -0.15) is 0 Å². The van der Waals surface area contributed by atoms with Gasteiger partial charge in [-0.3, -0.25) is 14.5 Å². The first-order chi connectivity index (χ1) is 13.6. The third kappa shape index (κ3) is 3.91. The van der Waals surface area contributed by atoms with E-state index in [0.717, 1.165) is 26.9 Å². The van der Waals surface area contributed by atoms with Crippen LogP contribution in [0.25, 0.3) is 0 Å². The molecule has 1 aliphatic rings. The number of anilines is 3. The number of halogens is 1. The number of nitrogens with one attached hydrogen (secondary N) is 1. The minimum absolute atomic E-state index is 0.101. The molecule has 2 amide bonds. The zero-order valence-electron chi connectivity index (χ0n) is 14.9. The Morgan fingerprint density at radius 3 is 2.39 bits per heavy atom. The summed E-state index contributed by atoms with van der Waals surface area (Å²) in [6, 6.07) is 22.5. The Morgan fingerprint density at radius 1 is 0.857 bits per heavy atom. The van der Waals surface area contributed by atoms with Gasteiger partial charge < -0.3 is 5.32 Å². The molecule has 0 atom stereocenters. The van der Waals surface area contributed by atoms with Gasteiger partial charge in [-0.05, 0) is 42.5 Å². The lowest BCUT2D eigenvalue weighted by Gasteiger charge is -2.31. The topological polar surface area (TPSA) is 49.4 Å². The standard InChI is InChI=1S/C22H17ClN2O2S/c23-15-10-11-20-18(14-15)25(17-8-4-5-9-19(17)28-20)22(27)13-12-21(26)24-16-6-2-1-3-7-16/h1-11,14H,12-13H2,(H,24,26). The van der Waals surface area contributed by atoms with Crippen LogP contribution in [0.3, 0.4) is 0 Å². The fourth-order valence-corrected chi connectivity index (χ4v) is 4.28. The normalized spacial score (nSPS) is 12.1. The molecule has 3 aromatic rings. The van der Waals surface area contributed by atoms with Crippen LogP contribution in [0.5, 0.6) is 0 Å². The molecule has 28 heavy (non-hydrogen) atoms. The Morgan fingerprint density at radius 2 is 1.57 bits per heavy atom. The summed E-state index contributed by atoms with van der Waals surface area (Å²) in [6.07, 6.45) is 0.207. The van der Waals surface area contributed by atoms with E-state index in [0.29, 0.717) is 5.02 Å². The van der Waals surface area contributed by atoms with Crippen LogP contribution in [0, 0.1) is 0 Å². The van der Waals surface area contributed by atoms with Crippen molar-refractivity contribution < 1.29 is 9.59 Å². The summed E-state index contributed by atoms with van der Waals surface area (Å²) < 4.78 is 0. The first-order valence-corrected chi connectivity index (χ1v) is 10.1. The Balaban J connectivity index is 1.54. The van der Waals surface area contributed by atoms with Crippen LogP contribution in [-0.2, 0) is 9.59 Å². The van der Waals surface area contributed by atoms with Gasteiger partial charge in [0.15, 0.2) is 0 Å². The molecule has 3 aromatic carbocycles. The number of amides is 2. The molecule has 1 heterocycles. The third-order valence-corrected chi connectivity index (χ3v) is 5.73. The molecular weight excluding hydrogens is 392 g/mol. The van der Waals surface area contributed by atoms with Crippen molar-refractivity contribution in [2.45, 2.75) is 22.6 Å². The van der Waals surface area contributed by atoms with E-state index in [9.17, 15) is 9.59 Å². The molecule has 140 valence electrons. The molecular formula is C22H17ClN2O2S. The third-order valence-electron chi connectivity index (χ3n) is 4.36. The quantitative estimate of drug-likeness (QED) is 0.585. The highest BCUT2D eigenvalue weighted by Crippen LogP contribution is 2.49. The van der Waals surface area contributed by atoms with Crippen LogP contribution in [0.1, 0.15) is 12.8 Å². The summed E-state index contributed by atoms with van der Waals surface area (Å²) in [5.74, 6) is -0.329. The molecule has 0 unspecified atom stereocenters. The average Bonchev–Trinajstić information content (AvgIpc) is 2.71. The lowest BCUT2D eigenvalue weighted by Crippen LogP contribution is -2.29. The van der Waals surface area contributed by atoms with Crippen molar-refractivity contribution >= 4 is 52.2 Å². The Bertz CT molecular complexity index is 1040. The second kappa shape index (κ2) is 8.09. The molecule has 0 aliphatic carbocycles. The van der Waals surface area contributed by atoms with Crippen LogP contribution >= 0.6 is 23.4 Å². The highest BCUT2D eigenvalue weighted by atomic mass is 35.5. The lowest BCUT2D eigenvalue weighted by molar-refractivity contribution is -0.122.